The van der Waals surface area contributed by atoms with Gasteiger partial charge in [0.1, 0.15) is 12.6 Å². The molecular formula is C29H21N2+. The predicted molar refractivity (Wildman–Crippen MR) is 128 cm³/mol. The van der Waals surface area contributed by atoms with Gasteiger partial charge in [0, 0.05) is 30.2 Å². The molecular weight excluding hydrogens is 376 g/mol. The first kappa shape index (κ1) is 18.7. The fraction of sp³-hybridized carbons (Fsp3) is 0.0690. The van der Waals surface area contributed by atoms with Crippen molar-refractivity contribution in [3.63, 3.8) is 0 Å². The quantitative estimate of drug-likeness (QED) is 0.218. The van der Waals surface area contributed by atoms with Crippen LogP contribution in [0.25, 0.3) is 22.0 Å². The van der Waals surface area contributed by atoms with E-state index < -0.39 is 0 Å². The lowest BCUT2D eigenvalue weighted by molar-refractivity contribution is -0.395. The SMILES string of the molecule is Cn1cc(C#CC(=C=C=C2C=[N+](C)c3ccccc32)c2ccccc2)c2ccccc21. The molecule has 0 aliphatic carbocycles. The summed E-state index contributed by atoms with van der Waals surface area (Å²) in [6.07, 6.45) is 4.16. The number of benzene rings is 3. The van der Waals surface area contributed by atoms with Crippen molar-refractivity contribution in [3.8, 4) is 11.8 Å². The first-order valence-corrected chi connectivity index (χ1v) is 10.3. The molecule has 0 atom stereocenters. The highest BCUT2D eigenvalue weighted by Crippen LogP contribution is 2.29. The zero-order valence-electron chi connectivity index (χ0n) is 17.6. The summed E-state index contributed by atoms with van der Waals surface area (Å²) in [6, 6.07) is 26.8. The highest BCUT2D eigenvalue weighted by atomic mass is 15.0. The maximum atomic E-state index is 3.37. The van der Waals surface area contributed by atoms with Crippen LogP contribution in [0.15, 0.2) is 96.5 Å². The molecule has 2 heteroatoms. The van der Waals surface area contributed by atoms with Crippen molar-refractivity contribution in [2.24, 2.45) is 7.05 Å². The molecule has 2 nitrogen and oxygen atoms in total. The number of hydrogen-bond donors (Lipinski definition) is 0. The molecule has 0 amide bonds. The number of nitrogens with zero attached hydrogens (tertiary/aromatic N) is 2. The van der Waals surface area contributed by atoms with E-state index in [0.717, 1.165) is 33.2 Å². The first-order chi connectivity index (χ1) is 15.2. The molecule has 2 heterocycles. The average Bonchev–Trinajstić information content (AvgIpc) is 3.31. The molecule has 1 aliphatic heterocycles. The molecule has 4 aromatic rings. The normalized spacial score (nSPS) is 11.8. The number of allylic oxidation sites excluding steroid dienone is 2. The zero-order chi connectivity index (χ0) is 21.2. The molecule has 3 aromatic carbocycles. The molecule has 0 saturated heterocycles. The van der Waals surface area contributed by atoms with E-state index in [1.807, 2.05) is 18.2 Å². The van der Waals surface area contributed by atoms with E-state index in [2.05, 4.69) is 120 Å². The molecule has 0 radical (unpaired) electrons. The molecule has 0 unspecified atom stereocenters. The van der Waals surface area contributed by atoms with Gasteiger partial charge in [-0.1, -0.05) is 84.0 Å². The van der Waals surface area contributed by atoms with Crippen LogP contribution in [-0.4, -0.2) is 22.4 Å². The van der Waals surface area contributed by atoms with Crippen LogP contribution in [0, 0.1) is 11.8 Å². The Hall–Kier alpha value is -4.27. The van der Waals surface area contributed by atoms with Crippen molar-refractivity contribution in [2.45, 2.75) is 0 Å². The van der Waals surface area contributed by atoms with Gasteiger partial charge in [-0.2, -0.15) is 4.58 Å². The molecule has 0 saturated carbocycles. The summed E-state index contributed by atoms with van der Waals surface area (Å²) in [6.45, 7) is 0. The molecule has 146 valence electrons. The highest BCUT2D eigenvalue weighted by molar-refractivity contribution is 6.12. The van der Waals surface area contributed by atoms with Crippen LogP contribution in [0.3, 0.4) is 0 Å². The Kier molecular flexibility index (Phi) is 4.75. The van der Waals surface area contributed by atoms with Crippen molar-refractivity contribution in [3.05, 3.63) is 113 Å². The first-order valence-electron chi connectivity index (χ1n) is 10.3. The molecule has 1 aromatic heterocycles. The smallest absolute Gasteiger partial charge is 0.213 e. The van der Waals surface area contributed by atoms with Crippen LogP contribution in [0.1, 0.15) is 16.7 Å². The molecule has 0 bridgehead atoms. The van der Waals surface area contributed by atoms with Gasteiger partial charge in [-0.05, 0) is 17.7 Å². The fourth-order valence-corrected chi connectivity index (χ4v) is 3.92. The van der Waals surface area contributed by atoms with Crippen LogP contribution in [0.2, 0.25) is 0 Å². The van der Waals surface area contributed by atoms with Gasteiger partial charge in [0.15, 0.2) is 6.21 Å². The predicted octanol–water partition coefficient (Wildman–Crippen LogP) is 5.81. The summed E-state index contributed by atoms with van der Waals surface area (Å²) < 4.78 is 4.23. The maximum absolute atomic E-state index is 3.37. The van der Waals surface area contributed by atoms with Crippen molar-refractivity contribution in [1.29, 1.82) is 0 Å². The van der Waals surface area contributed by atoms with E-state index in [9.17, 15) is 0 Å². The lowest BCUT2D eigenvalue weighted by atomic mass is 10.1. The number of hydrogen-bond acceptors (Lipinski definition) is 0. The van der Waals surface area contributed by atoms with E-state index in [4.69, 9.17) is 0 Å². The van der Waals surface area contributed by atoms with Crippen LogP contribution in [-0.2, 0) is 7.05 Å². The topological polar surface area (TPSA) is 7.94 Å². The molecule has 31 heavy (non-hydrogen) atoms. The van der Waals surface area contributed by atoms with E-state index in [1.165, 1.54) is 11.2 Å². The Morgan fingerprint density at radius 2 is 1.61 bits per heavy atom. The summed E-state index contributed by atoms with van der Waals surface area (Å²) in [7, 11) is 4.10. The third kappa shape index (κ3) is 3.57. The standard InChI is InChI=1S/C29H21N2/c1-30-20-24(26-12-6-8-14-28(26)30)18-16-23(22-10-4-3-5-11-22)17-19-25-21-31(2)29-15-9-7-13-27(25)29/h3-15,20-21H,1-2H3/q+1. The van der Waals surface area contributed by atoms with Gasteiger partial charge in [0.05, 0.1) is 16.7 Å². The summed E-state index contributed by atoms with van der Waals surface area (Å²) >= 11 is 0. The number of aryl methyl sites for hydroxylation is 1. The molecule has 0 N–H and O–H groups in total. The minimum atomic E-state index is 0.821. The van der Waals surface area contributed by atoms with Crippen molar-refractivity contribution in [2.75, 3.05) is 7.05 Å². The summed E-state index contributed by atoms with van der Waals surface area (Å²) in [4.78, 5) is 0. The van der Waals surface area contributed by atoms with Gasteiger partial charge in [-0.25, -0.2) is 0 Å². The van der Waals surface area contributed by atoms with Gasteiger partial charge in [-0.3, -0.25) is 0 Å². The second-order valence-corrected chi connectivity index (χ2v) is 7.58. The van der Waals surface area contributed by atoms with E-state index >= 15 is 0 Å². The third-order valence-corrected chi connectivity index (χ3v) is 5.50. The van der Waals surface area contributed by atoms with Crippen molar-refractivity contribution < 1.29 is 4.58 Å². The molecule has 0 spiro atoms. The van der Waals surface area contributed by atoms with Crippen LogP contribution >= 0.6 is 0 Å². The highest BCUT2D eigenvalue weighted by Gasteiger charge is 2.21. The van der Waals surface area contributed by atoms with Crippen LogP contribution in [0.4, 0.5) is 5.69 Å². The van der Waals surface area contributed by atoms with Gasteiger partial charge in [-0.15, -0.1) is 0 Å². The Morgan fingerprint density at radius 3 is 2.48 bits per heavy atom. The number of fused-ring (bicyclic) bond motifs is 2. The van der Waals surface area contributed by atoms with Gasteiger partial charge in [0.2, 0.25) is 5.69 Å². The van der Waals surface area contributed by atoms with Gasteiger partial charge < -0.3 is 4.57 Å². The summed E-state index contributed by atoms with van der Waals surface area (Å²) in [5, 5.41) is 1.16. The second-order valence-electron chi connectivity index (χ2n) is 7.58. The Bertz CT molecular complexity index is 1510. The third-order valence-electron chi connectivity index (χ3n) is 5.50. The van der Waals surface area contributed by atoms with Gasteiger partial charge >= 0.3 is 0 Å². The monoisotopic (exact) mass is 397 g/mol. The lowest BCUT2D eigenvalue weighted by Gasteiger charge is -1.95. The molecule has 0 fully saturated rings. The van der Waals surface area contributed by atoms with Crippen molar-refractivity contribution in [1.82, 2.24) is 4.57 Å². The molecule has 1 aliphatic rings. The number of rotatable bonds is 1. The van der Waals surface area contributed by atoms with Crippen LogP contribution in [0.5, 0.6) is 0 Å². The average molecular weight is 398 g/mol. The molecule has 5 rings (SSSR count). The Balaban J connectivity index is 1.69. The zero-order valence-corrected chi connectivity index (χ0v) is 17.6. The summed E-state index contributed by atoms with van der Waals surface area (Å²) in [5.41, 5.74) is 14.1. The second kappa shape index (κ2) is 7.86. The number of para-hydroxylation sites is 2. The Labute approximate surface area is 182 Å². The van der Waals surface area contributed by atoms with E-state index in [-0.39, 0.29) is 0 Å². The Morgan fingerprint density at radius 1 is 0.871 bits per heavy atom. The minimum absolute atomic E-state index is 0.821. The minimum Gasteiger partial charge on any atom is -0.349 e. The van der Waals surface area contributed by atoms with Crippen molar-refractivity contribution >= 4 is 34.0 Å². The number of aromatic nitrogens is 1. The van der Waals surface area contributed by atoms with Gasteiger partial charge in [0.25, 0.3) is 0 Å². The van der Waals surface area contributed by atoms with E-state index in [0.29, 0.717) is 0 Å². The van der Waals surface area contributed by atoms with E-state index in [1.54, 1.807) is 0 Å². The fourth-order valence-electron chi connectivity index (χ4n) is 3.92. The maximum Gasteiger partial charge on any atom is 0.213 e. The summed E-state index contributed by atoms with van der Waals surface area (Å²) in [5.74, 6) is 6.73. The largest absolute Gasteiger partial charge is 0.349 e. The lowest BCUT2D eigenvalue weighted by Crippen LogP contribution is -1.91. The van der Waals surface area contributed by atoms with Crippen LogP contribution < -0.4 is 0 Å².